The summed E-state index contributed by atoms with van der Waals surface area (Å²) >= 11 is 0. The average molecular weight is 271 g/mol. The third kappa shape index (κ3) is 3.60. The standard InChI is InChI=1S/C14H25NO4/c1-13(2,3)19-12(17)15-11(10-5-6-10)14(9-16)7-4-8-18-14/h10-11,16H,4-9H2,1-3H3,(H,15,17). The van der Waals surface area contributed by atoms with Crippen molar-refractivity contribution in [2.75, 3.05) is 13.2 Å². The summed E-state index contributed by atoms with van der Waals surface area (Å²) in [5, 5.41) is 12.6. The Balaban J connectivity index is 2.02. The highest BCUT2D eigenvalue weighted by atomic mass is 16.6. The first kappa shape index (κ1) is 14.6. The van der Waals surface area contributed by atoms with Crippen molar-refractivity contribution in [2.24, 2.45) is 5.92 Å². The quantitative estimate of drug-likeness (QED) is 0.818. The van der Waals surface area contributed by atoms with Crippen LogP contribution in [0.2, 0.25) is 0 Å². The van der Waals surface area contributed by atoms with Crippen molar-refractivity contribution < 1.29 is 19.4 Å². The highest BCUT2D eigenvalue weighted by molar-refractivity contribution is 5.68. The molecule has 1 saturated heterocycles. The van der Waals surface area contributed by atoms with Gasteiger partial charge >= 0.3 is 6.09 Å². The van der Waals surface area contributed by atoms with E-state index < -0.39 is 17.3 Å². The van der Waals surface area contributed by atoms with Crippen LogP contribution in [0.15, 0.2) is 0 Å². The van der Waals surface area contributed by atoms with Crippen molar-refractivity contribution in [3.63, 3.8) is 0 Å². The van der Waals surface area contributed by atoms with Crippen LogP contribution in [-0.2, 0) is 9.47 Å². The van der Waals surface area contributed by atoms with Crippen LogP contribution in [0.3, 0.4) is 0 Å². The van der Waals surface area contributed by atoms with E-state index in [1.165, 1.54) is 0 Å². The van der Waals surface area contributed by atoms with Crippen molar-refractivity contribution in [1.82, 2.24) is 5.32 Å². The molecule has 5 heteroatoms. The van der Waals surface area contributed by atoms with Crippen LogP contribution >= 0.6 is 0 Å². The van der Waals surface area contributed by atoms with Gasteiger partial charge in [0, 0.05) is 6.61 Å². The molecule has 1 amide bonds. The Morgan fingerprint density at radius 3 is 2.63 bits per heavy atom. The number of alkyl carbamates (subject to hydrolysis) is 1. The van der Waals surface area contributed by atoms with Crippen LogP contribution < -0.4 is 5.32 Å². The van der Waals surface area contributed by atoms with Crippen molar-refractivity contribution in [2.45, 2.75) is 63.7 Å². The minimum atomic E-state index is -0.613. The molecule has 0 aromatic rings. The zero-order chi connectivity index (χ0) is 14.1. The summed E-state index contributed by atoms with van der Waals surface area (Å²) in [4.78, 5) is 11.9. The van der Waals surface area contributed by atoms with E-state index in [1.54, 1.807) is 0 Å². The molecular weight excluding hydrogens is 246 g/mol. The Bertz CT molecular complexity index is 327. The fourth-order valence-electron chi connectivity index (χ4n) is 2.73. The number of rotatable bonds is 4. The maximum Gasteiger partial charge on any atom is 0.407 e. The first-order valence-corrected chi connectivity index (χ1v) is 7.11. The number of aliphatic hydroxyl groups is 1. The maximum absolute atomic E-state index is 11.9. The van der Waals surface area contributed by atoms with Crippen LogP contribution in [0.25, 0.3) is 0 Å². The zero-order valence-corrected chi connectivity index (χ0v) is 12.1. The number of amides is 1. The molecule has 1 aliphatic heterocycles. The molecule has 2 N–H and O–H groups in total. The first-order valence-electron chi connectivity index (χ1n) is 7.11. The van der Waals surface area contributed by atoms with Gasteiger partial charge in [0.05, 0.1) is 12.6 Å². The van der Waals surface area contributed by atoms with Gasteiger partial charge < -0.3 is 19.9 Å². The highest BCUT2D eigenvalue weighted by Gasteiger charge is 2.50. The molecule has 2 fully saturated rings. The van der Waals surface area contributed by atoms with Crippen molar-refractivity contribution in [3.8, 4) is 0 Å². The summed E-state index contributed by atoms with van der Waals surface area (Å²) in [6, 6.07) is -0.144. The summed E-state index contributed by atoms with van der Waals surface area (Å²) in [6.45, 7) is 6.12. The fraction of sp³-hybridized carbons (Fsp3) is 0.929. The summed E-state index contributed by atoms with van der Waals surface area (Å²) in [7, 11) is 0. The second-order valence-electron chi connectivity index (χ2n) is 6.64. The number of aliphatic hydroxyl groups excluding tert-OH is 1. The van der Waals surface area contributed by atoms with Crippen molar-refractivity contribution >= 4 is 6.09 Å². The summed E-state index contributed by atoms with van der Waals surface area (Å²) < 4.78 is 11.1. The lowest BCUT2D eigenvalue weighted by Crippen LogP contribution is -2.56. The SMILES string of the molecule is CC(C)(C)OC(=O)NC(C1CC1)C1(CO)CCCO1. The van der Waals surface area contributed by atoms with Crippen LogP contribution in [0.5, 0.6) is 0 Å². The number of nitrogens with one attached hydrogen (secondary N) is 1. The van der Waals surface area contributed by atoms with E-state index in [0.717, 1.165) is 25.7 Å². The van der Waals surface area contributed by atoms with E-state index >= 15 is 0 Å². The lowest BCUT2D eigenvalue weighted by atomic mass is 9.88. The van der Waals surface area contributed by atoms with Gasteiger partial charge in [-0.15, -0.1) is 0 Å². The lowest BCUT2D eigenvalue weighted by molar-refractivity contribution is -0.0702. The van der Waals surface area contributed by atoms with Gasteiger partial charge in [0.1, 0.15) is 11.2 Å². The molecule has 0 aromatic carbocycles. The molecule has 2 unspecified atom stereocenters. The normalized spacial score (nSPS) is 29.1. The largest absolute Gasteiger partial charge is 0.444 e. The molecule has 5 nitrogen and oxygen atoms in total. The molecule has 19 heavy (non-hydrogen) atoms. The fourth-order valence-corrected chi connectivity index (χ4v) is 2.73. The number of ether oxygens (including phenoxy) is 2. The van der Waals surface area contributed by atoms with E-state index in [4.69, 9.17) is 9.47 Å². The Labute approximate surface area is 114 Å². The van der Waals surface area contributed by atoms with E-state index in [1.807, 2.05) is 20.8 Å². The van der Waals surface area contributed by atoms with Gasteiger partial charge in [-0.05, 0) is 52.4 Å². The molecule has 0 radical (unpaired) electrons. The third-order valence-electron chi connectivity index (χ3n) is 3.73. The van der Waals surface area contributed by atoms with Gasteiger partial charge in [0.15, 0.2) is 0 Å². The number of carbonyl (C=O) groups is 1. The molecular formula is C14H25NO4. The van der Waals surface area contributed by atoms with Gasteiger partial charge in [0.2, 0.25) is 0 Å². The lowest BCUT2D eigenvalue weighted by Gasteiger charge is -2.36. The molecule has 0 bridgehead atoms. The number of carbonyl (C=O) groups excluding carboxylic acids is 1. The minimum Gasteiger partial charge on any atom is -0.444 e. The summed E-state index contributed by atoms with van der Waals surface area (Å²) in [6.07, 6.45) is 3.45. The Hall–Kier alpha value is -0.810. The predicted molar refractivity (Wildman–Crippen MR) is 70.9 cm³/mol. The maximum atomic E-state index is 11.9. The molecule has 1 heterocycles. The molecule has 1 aliphatic carbocycles. The molecule has 110 valence electrons. The smallest absolute Gasteiger partial charge is 0.407 e. The Kier molecular flexibility index (Phi) is 4.06. The molecule has 1 saturated carbocycles. The molecule has 0 spiro atoms. The van der Waals surface area contributed by atoms with Crippen LogP contribution in [0, 0.1) is 5.92 Å². The molecule has 0 aromatic heterocycles. The van der Waals surface area contributed by atoms with E-state index in [9.17, 15) is 9.90 Å². The van der Waals surface area contributed by atoms with Crippen LogP contribution in [0.4, 0.5) is 4.79 Å². The van der Waals surface area contributed by atoms with Crippen LogP contribution in [0.1, 0.15) is 46.5 Å². The summed E-state index contributed by atoms with van der Waals surface area (Å²) in [5.74, 6) is 0.401. The predicted octanol–water partition coefficient (Wildman–Crippen LogP) is 1.83. The number of hydrogen-bond donors (Lipinski definition) is 2. The Morgan fingerprint density at radius 1 is 1.53 bits per heavy atom. The Morgan fingerprint density at radius 2 is 2.21 bits per heavy atom. The van der Waals surface area contributed by atoms with E-state index in [-0.39, 0.29) is 12.6 Å². The number of hydrogen-bond acceptors (Lipinski definition) is 4. The summed E-state index contributed by atoms with van der Waals surface area (Å²) in [5.41, 5.74) is -1.13. The molecule has 2 atom stereocenters. The van der Waals surface area contributed by atoms with Gasteiger partial charge in [-0.3, -0.25) is 0 Å². The van der Waals surface area contributed by atoms with Crippen molar-refractivity contribution in [1.29, 1.82) is 0 Å². The van der Waals surface area contributed by atoms with Crippen LogP contribution in [-0.4, -0.2) is 41.7 Å². The third-order valence-corrected chi connectivity index (χ3v) is 3.73. The topological polar surface area (TPSA) is 67.8 Å². The van der Waals surface area contributed by atoms with Gasteiger partial charge in [0.25, 0.3) is 0 Å². The highest BCUT2D eigenvalue weighted by Crippen LogP contribution is 2.42. The molecule has 2 rings (SSSR count). The monoisotopic (exact) mass is 271 g/mol. The second kappa shape index (κ2) is 5.29. The molecule has 2 aliphatic rings. The minimum absolute atomic E-state index is 0.0516. The zero-order valence-electron chi connectivity index (χ0n) is 12.1. The first-order chi connectivity index (χ1) is 8.86. The van der Waals surface area contributed by atoms with Gasteiger partial charge in [-0.2, -0.15) is 0 Å². The van der Waals surface area contributed by atoms with Gasteiger partial charge in [-0.1, -0.05) is 0 Å². The average Bonchev–Trinajstić information content (AvgIpc) is 3.01. The second-order valence-corrected chi connectivity index (χ2v) is 6.64. The van der Waals surface area contributed by atoms with Gasteiger partial charge in [-0.25, -0.2) is 4.79 Å². The van der Waals surface area contributed by atoms with Crippen molar-refractivity contribution in [3.05, 3.63) is 0 Å². The van der Waals surface area contributed by atoms with E-state index in [2.05, 4.69) is 5.32 Å². The van der Waals surface area contributed by atoms with E-state index in [0.29, 0.717) is 12.5 Å².